The van der Waals surface area contributed by atoms with Gasteiger partial charge in [0.05, 0.1) is 6.61 Å². The molecule has 0 atom stereocenters. The number of hydrogen-bond acceptors (Lipinski definition) is 5. The highest BCUT2D eigenvalue weighted by Gasteiger charge is 2.00. The molecule has 1 N–H and O–H groups in total. The van der Waals surface area contributed by atoms with Crippen molar-refractivity contribution in [3.05, 3.63) is 12.3 Å². The van der Waals surface area contributed by atoms with E-state index >= 15 is 0 Å². The summed E-state index contributed by atoms with van der Waals surface area (Å²) >= 11 is 0. The van der Waals surface area contributed by atoms with E-state index in [-0.39, 0.29) is 0 Å². The molecule has 0 aliphatic rings. The Balaban J connectivity index is 0.00000121. The van der Waals surface area contributed by atoms with Crippen molar-refractivity contribution >= 4 is 5.95 Å². The number of anilines is 1. The Morgan fingerprint density at radius 3 is 2.59 bits per heavy atom. The second kappa shape index (κ2) is 9.84. The molecule has 0 saturated carbocycles. The van der Waals surface area contributed by atoms with Gasteiger partial charge in [0.1, 0.15) is 6.61 Å². The van der Waals surface area contributed by atoms with Gasteiger partial charge in [0, 0.05) is 25.4 Å². The van der Waals surface area contributed by atoms with Gasteiger partial charge in [-0.1, -0.05) is 13.8 Å². The molecule has 0 saturated heterocycles. The average molecular weight is 241 g/mol. The van der Waals surface area contributed by atoms with E-state index in [0.717, 1.165) is 0 Å². The van der Waals surface area contributed by atoms with E-state index in [2.05, 4.69) is 15.3 Å². The Morgan fingerprint density at radius 2 is 2.00 bits per heavy atom. The van der Waals surface area contributed by atoms with Crippen LogP contribution in [0.3, 0.4) is 0 Å². The Morgan fingerprint density at radius 1 is 1.29 bits per heavy atom. The van der Waals surface area contributed by atoms with Gasteiger partial charge in [-0.15, -0.1) is 0 Å². The average Bonchev–Trinajstić information content (AvgIpc) is 2.32. The predicted octanol–water partition coefficient (Wildman–Crippen LogP) is 2.35. The minimum atomic E-state index is 0.305. The van der Waals surface area contributed by atoms with Gasteiger partial charge < -0.3 is 14.8 Å². The van der Waals surface area contributed by atoms with Crippen LogP contribution in [0.1, 0.15) is 27.7 Å². The lowest BCUT2D eigenvalue weighted by Gasteiger charge is -2.09. The molecule has 17 heavy (non-hydrogen) atoms. The number of nitrogens with one attached hydrogen (secondary N) is 1. The third-order valence-corrected chi connectivity index (χ3v) is 1.59. The van der Waals surface area contributed by atoms with Crippen LogP contribution >= 0.6 is 0 Å². The lowest BCUT2D eigenvalue weighted by molar-refractivity contribution is 0.143. The highest BCUT2D eigenvalue weighted by molar-refractivity contribution is 5.28. The molecule has 5 heteroatoms. The summed E-state index contributed by atoms with van der Waals surface area (Å²) in [4.78, 5) is 8.26. The van der Waals surface area contributed by atoms with Gasteiger partial charge in [-0.3, -0.25) is 0 Å². The summed E-state index contributed by atoms with van der Waals surface area (Å²) in [6, 6.07) is 2.03. The zero-order valence-corrected chi connectivity index (χ0v) is 11.4. The second-order valence-corrected chi connectivity index (χ2v) is 3.36. The van der Waals surface area contributed by atoms with Gasteiger partial charge >= 0.3 is 0 Å². The fraction of sp³-hybridized carbons (Fsp3) is 0.667. The van der Waals surface area contributed by atoms with Crippen LogP contribution in [-0.4, -0.2) is 36.3 Å². The molecule has 0 aromatic carbocycles. The highest BCUT2D eigenvalue weighted by Crippen LogP contribution is 2.08. The third kappa shape index (κ3) is 7.52. The zero-order chi connectivity index (χ0) is 13.1. The molecule has 0 bridgehead atoms. The highest BCUT2D eigenvalue weighted by atomic mass is 16.5. The van der Waals surface area contributed by atoms with E-state index in [1.165, 1.54) is 0 Å². The summed E-state index contributed by atoms with van der Waals surface area (Å²) < 4.78 is 10.2. The summed E-state index contributed by atoms with van der Waals surface area (Å²) in [5.41, 5.74) is 0. The molecule has 0 fully saturated rings. The van der Waals surface area contributed by atoms with E-state index in [9.17, 15) is 0 Å². The monoisotopic (exact) mass is 241 g/mol. The summed E-state index contributed by atoms with van der Waals surface area (Å²) in [5.74, 6) is 1.14. The molecule has 1 aromatic heterocycles. The first-order valence-electron chi connectivity index (χ1n) is 5.93. The van der Waals surface area contributed by atoms with Gasteiger partial charge in [-0.2, -0.15) is 4.98 Å². The number of hydrogen-bond donors (Lipinski definition) is 1. The van der Waals surface area contributed by atoms with Crippen molar-refractivity contribution in [2.75, 3.05) is 25.6 Å². The molecular formula is C12H23N3O2. The van der Waals surface area contributed by atoms with Crippen molar-refractivity contribution < 1.29 is 9.47 Å². The minimum Gasteiger partial charge on any atom is -0.475 e. The fourth-order valence-corrected chi connectivity index (χ4v) is 0.980. The number of methoxy groups -OCH3 is 1. The summed E-state index contributed by atoms with van der Waals surface area (Å²) in [6.45, 7) is 9.11. The first-order valence-corrected chi connectivity index (χ1v) is 5.93. The summed E-state index contributed by atoms with van der Waals surface area (Å²) in [7, 11) is 1.63. The molecule has 5 nitrogen and oxygen atoms in total. The molecule has 98 valence electrons. The van der Waals surface area contributed by atoms with E-state index in [4.69, 9.17) is 9.47 Å². The molecule has 0 spiro atoms. The van der Waals surface area contributed by atoms with Crippen molar-refractivity contribution in [2.24, 2.45) is 0 Å². The summed E-state index contributed by atoms with van der Waals surface area (Å²) in [5, 5.41) is 3.10. The molecular weight excluding hydrogens is 218 g/mol. The van der Waals surface area contributed by atoms with Gasteiger partial charge in [0.25, 0.3) is 0 Å². The van der Waals surface area contributed by atoms with E-state index in [1.807, 2.05) is 27.7 Å². The van der Waals surface area contributed by atoms with Crippen LogP contribution in [0.15, 0.2) is 12.3 Å². The molecule has 1 aromatic rings. The maximum atomic E-state index is 5.35. The SMILES string of the molecule is CC.COCCOc1ccnc(NC(C)C)n1. The Bertz CT molecular complexity index is 293. The van der Waals surface area contributed by atoms with Crippen LogP contribution in [0.25, 0.3) is 0 Å². The normalized spacial score (nSPS) is 9.53. The van der Waals surface area contributed by atoms with Crippen LogP contribution < -0.4 is 10.1 Å². The third-order valence-electron chi connectivity index (χ3n) is 1.59. The van der Waals surface area contributed by atoms with Crippen LogP contribution in [0.5, 0.6) is 5.88 Å². The van der Waals surface area contributed by atoms with Gasteiger partial charge in [0.2, 0.25) is 11.8 Å². The Labute approximate surface area is 104 Å². The van der Waals surface area contributed by atoms with Gasteiger partial charge in [-0.05, 0) is 13.8 Å². The predicted molar refractivity (Wildman–Crippen MR) is 69.5 cm³/mol. The molecule has 0 radical (unpaired) electrons. The molecule has 0 aliphatic carbocycles. The first kappa shape index (κ1) is 15.6. The Hall–Kier alpha value is -1.36. The van der Waals surface area contributed by atoms with Crippen molar-refractivity contribution in [3.8, 4) is 5.88 Å². The number of nitrogens with zero attached hydrogens (tertiary/aromatic N) is 2. The van der Waals surface area contributed by atoms with Crippen molar-refractivity contribution in [1.29, 1.82) is 0 Å². The van der Waals surface area contributed by atoms with Crippen molar-refractivity contribution in [1.82, 2.24) is 9.97 Å². The number of aromatic nitrogens is 2. The molecule has 0 amide bonds. The first-order chi connectivity index (χ1) is 8.22. The van der Waals surface area contributed by atoms with Crippen LogP contribution in [0, 0.1) is 0 Å². The quantitative estimate of drug-likeness (QED) is 0.775. The minimum absolute atomic E-state index is 0.305. The maximum absolute atomic E-state index is 5.35. The maximum Gasteiger partial charge on any atom is 0.226 e. The van der Waals surface area contributed by atoms with E-state index in [1.54, 1.807) is 19.4 Å². The fourth-order valence-electron chi connectivity index (χ4n) is 0.980. The van der Waals surface area contributed by atoms with Crippen LogP contribution in [0.4, 0.5) is 5.95 Å². The summed E-state index contributed by atoms with van der Waals surface area (Å²) in [6.07, 6.45) is 1.67. The van der Waals surface area contributed by atoms with E-state index in [0.29, 0.717) is 31.1 Å². The van der Waals surface area contributed by atoms with Crippen molar-refractivity contribution in [3.63, 3.8) is 0 Å². The molecule has 1 heterocycles. The lowest BCUT2D eigenvalue weighted by atomic mass is 10.4. The Kier molecular flexibility index (Phi) is 9.05. The lowest BCUT2D eigenvalue weighted by Crippen LogP contribution is -2.13. The van der Waals surface area contributed by atoms with E-state index < -0.39 is 0 Å². The molecule has 0 aliphatic heterocycles. The smallest absolute Gasteiger partial charge is 0.226 e. The van der Waals surface area contributed by atoms with Crippen LogP contribution in [0.2, 0.25) is 0 Å². The molecule has 1 rings (SSSR count). The topological polar surface area (TPSA) is 56.3 Å². The zero-order valence-electron chi connectivity index (χ0n) is 11.4. The largest absolute Gasteiger partial charge is 0.475 e. The second-order valence-electron chi connectivity index (χ2n) is 3.36. The van der Waals surface area contributed by atoms with Crippen molar-refractivity contribution in [2.45, 2.75) is 33.7 Å². The van der Waals surface area contributed by atoms with Gasteiger partial charge in [-0.25, -0.2) is 4.98 Å². The number of rotatable bonds is 6. The van der Waals surface area contributed by atoms with Crippen LogP contribution in [-0.2, 0) is 4.74 Å². The standard InChI is InChI=1S/C10H17N3O2.C2H6/c1-8(2)12-10-11-5-4-9(13-10)15-7-6-14-3;1-2/h4-5,8H,6-7H2,1-3H3,(H,11,12,13);1-2H3. The van der Waals surface area contributed by atoms with Gasteiger partial charge in [0.15, 0.2) is 0 Å². The molecule has 0 unspecified atom stereocenters. The number of ether oxygens (including phenoxy) is 2.